The van der Waals surface area contributed by atoms with Gasteiger partial charge in [-0.05, 0) is 19.8 Å². The van der Waals surface area contributed by atoms with E-state index in [-0.39, 0.29) is 11.6 Å². The minimum Gasteiger partial charge on any atom is -0.325 e. The summed E-state index contributed by atoms with van der Waals surface area (Å²) in [5.74, 6) is 0.543. The lowest BCUT2D eigenvalue weighted by atomic mass is 10.1. The Kier molecular flexibility index (Phi) is 13.8. The van der Waals surface area contributed by atoms with Crippen LogP contribution in [0.5, 0.6) is 0 Å². The number of rotatable bonds is 10. The summed E-state index contributed by atoms with van der Waals surface area (Å²) in [6.45, 7) is 8.31. The largest absolute Gasteiger partial charge is 0.325 e. The average molecular weight is 377 g/mol. The lowest BCUT2D eigenvalue weighted by Gasteiger charge is -2.37. The van der Waals surface area contributed by atoms with Crippen LogP contribution in [-0.2, 0) is 4.74 Å². The molecule has 2 nitrogen and oxygen atoms in total. The van der Waals surface area contributed by atoms with Crippen molar-refractivity contribution in [1.82, 2.24) is 0 Å². The van der Waals surface area contributed by atoms with Crippen LogP contribution in [0.15, 0.2) is 30.3 Å². The van der Waals surface area contributed by atoms with Crippen molar-refractivity contribution in [3.05, 3.63) is 35.9 Å². The molecule has 0 aliphatic rings. The van der Waals surface area contributed by atoms with Crippen LogP contribution in [0, 0.1) is 0 Å². The van der Waals surface area contributed by atoms with E-state index in [1.165, 1.54) is 24.8 Å². The highest BCUT2D eigenvalue weighted by Gasteiger charge is 2.29. The molecule has 1 aromatic rings. The van der Waals surface area contributed by atoms with Gasteiger partial charge in [0.05, 0.1) is 27.2 Å². The van der Waals surface area contributed by atoms with Gasteiger partial charge in [0.15, 0.2) is 0 Å². The minimum atomic E-state index is 0.122. The number of benzene rings is 1. The predicted octanol–water partition coefficient (Wildman–Crippen LogP) is 6.23. The van der Waals surface area contributed by atoms with E-state index in [0.29, 0.717) is 5.88 Å². The van der Waals surface area contributed by atoms with E-state index >= 15 is 0 Å². The van der Waals surface area contributed by atoms with E-state index in [0.717, 1.165) is 24.1 Å². The van der Waals surface area contributed by atoms with Gasteiger partial charge in [0, 0.05) is 16.8 Å². The maximum atomic E-state index is 6.22. The van der Waals surface area contributed by atoms with E-state index in [2.05, 4.69) is 58.3 Å². The summed E-state index contributed by atoms with van der Waals surface area (Å²) >= 11 is 10.5. The normalized spacial score (nSPS) is 13.8. The standard InChI is InChI=1S/C17H30NO.C3H6Cl2/c1-5-7-11-15-19-17(18(3,4)14-6-2)16-12-9-8-10-13-16;1-3(5)2-4/h8-10,12-13,17H,5-7,11,14-15H2,1-4H3;3H,2H2,1H3/q+1;. The number of quaternary nitrogens is 1. The summed E-state index contributed by atoms with van der Waals surface area (Å²) in [5, 5.41) is 0.122. The first-order chi connectivity index (χ1) is 11.4. The summed E-state index contributed by atoms with van der Waals surface area (Å²) in [4.78, 5) is 0. The van der Waals surface area contributed by atoms with Crippen molar-refractivity contribution in [3.63, 3.8) is 0 Å². The van der Waals surface area contributed by atoms with Gasteiger partial charge in [-0.25, -0.2) is 0 Å². The minimum absolute atomic E-state index is 0.122. The van der Waals surface area contributed by atoms with Gasteiger partial charge in [-0.2, -0.15) is 0 Å². The van der Waals surface area contributed by atoms with Crippen molar-refractivity contribution in [3.8, 4) is 0 Å². The van der Waals surface area contributed by atoms with Crippen molar-refractivity contribution in [2.75, 3.05) is 33.1 Å². The zero-order valence-corrected chi connectivity index (χ0v) is 17.6. The molecule has 1 aromatic carbocycles. The Morgan fingerprint density at radius 1 is 1.04 bits per heavy atom. The fourth-order valence-corrected chi connectivity index (χ4v) is 2.56. The van der Waals surface area contributed by atoms with Crippen molar-refractivity contribution in [2.24, 2.45) is 0 Å². The molecule has 1 rings (SSSR count). The molecule has 0 radical (unpaired) electrons. The number of unbranched alkanes of at least 4 members (excludes halogenated alkanes) is 2. The molecule has 0 aliphatic carbocycles. The molecular weight excluding hydrogens is 341 g/mol. The summed E-state index contributed by atoms with van der Waals surface area (Å²) in [7, 11) is 4.53. The van der Waals surface area contributed by atoms with Crippen LogP contribution in [0.4, 0.5) is 0 Å². The SMILES string of the molecule is CC(Cl)CCl.CCCCCOC(c1ccccc1)[N+](C)(C)CCC. The Morgan fingerprint density at radius 2 is 1.62 bits per heavy atom. The second-order valence-electron chi connectivity index (χ2n) is 6.78. The fraction of sp³-hybridized carbons (Fsp3) is 0.700. The van der Waals surface area contributed by atoms with Gasteiger partial charge in [-0.15, -0.1) is 23.2 Å². The van der Waals surface area contributed by atoms with Crippen molar-refractivity contribution < 1.29 is 9.22 Å². The molecule has 140 valence electrons. The van der Waals surface area contributed by atoms with Gasteiger partial charge in [-0.3, -0.25) is 4.48 Å². The second kappa shape index (κ2) is 13.9. The smallest absolute Gasteiger partial charge is 0.219 e. The number of ether oxygens (including phenoxy) is 1. The number of alkyl halides is 2. The first-order valence-corrected chi connectivity index (χ1v) is 10.0. The molecule has 2 unspecified atom stereocenters. The van der Waals surface area contributed by atoms with Gasteiger partial charge >= 0.3 is 0 Å². The number of hydrogen-bond donors (Lipinski definition) is 0. The topological polar surface area (TPSA) is 9.23 Å². The molecule has 0 heterocycles. The van der Waals surface area contributed by atoms with Crippen LogP contribution in [-0.4, -0.2) is 43.0 Å². The van der Waals surface area contributed by atoms with Crippen LogP contribution in [0.1, 0.15) is 58.2 Å². The second-order valence-corrected chi connectivity index (χ2v) is 7.83. The molecule has 4 heteroatoms. The Morgan fingerprint density at radius 3 is 2.08 bits per heavy atom. The molecule has 2 atom stereocenters. The molecule has 0 spiro atoms. The molecule has 0 saturated heterocycles. The van der Waals surface area contributed by atoms with Crippen molar-refractivity contribution in [1.29, 1.82) is 0 Å². The van der Waals surface area contributed by atoms with Gasteiger partial charge in [0.2, 0.25) is 6.23 Å². The number of nitrogens with zero attached hydrogens (tertiary/aromatic N) is 1. The van der Waals surface area contributed by atoms with E-state index < -0.39 is 0 Å². The van der Waals surface area contributed by atoms with Crippen molar-refractivity contribution in [2.45, 2.75) is 58.1 Å². The molecule has 0 N–H and O–H groups in total. The van der Waals surface area contributed by atoms with Crippen molar-refractivity contribution >= 4 is 23.2 Å². The molecule has 0 amide bonds. The number of halogens is 2. The highest BCUT2D eigenvalue weighted by atomic mass is 35.5. The Hall–Kier alpha value is -0.280. The molecular formula is C20H36Cl2NO+. The molecule has 0 fully saturated rings. The molecule has 0 aliphatic heterocycles. The molecule has 0 bridgehead atoms. The summed E-state index contributed by atoms with van der Waals surface area (Å²) < 4.78 is 7.12. The van der Waals surface area contributed by atoms with E-state index in [9.17, 15) is 0 Å². The molecule has 0 aromatic heterocycles. The Balaban J connectivity index is 0.000000922. The maximum absolute atomic E-state index is 6.22. The highest BCUT2D eigenvalue weighted by Crippen LogP contribution is 2.27. The monoisotopic (exact) mass is 376 g/mol. The van der Waals surface area contributed by atoms with Gasteiger partial charge in [-0.1, -0.05) is 57.0 Å². The van der Waals surface area contributed by atoms with Gasteiger partial charge < -0.3 is 4.74 Å². The molecule has 0 saturated carbocycles. The lowest BCUT2D eigenvalue weighted by Crippen LogP contribution is -2.45. The van der Waals surface area contributed by atoms with E-state index in [4.69, 9.17) is 27.9 Å². The third-order valence-electron chi connectivity index (χ3n) is 3.76. The Bertz CT molecular complexity index is 396. The zero-order chi connectivity index (χ0) is 18.4. The van der Waals surface area contributed by atoms with Crippen LogP contribution >= 0.6 is 23.2 Å². The van der Waals surface area contributed by atoms with Crippen LogP contribution < -0.4 is 0 Å². The van der Waals surface area contributed by atoms with Gasteiger partial charge in [0.1, 0.15) is 0 Å². The predicted molar refractivity (Wildman–Crippen MR) is 108 cm³/mol. The highest BCUT2D eigenvalue weighted by molar-refractivity contribution is 6.27. The zero-order valence-electron chi connectivity index (χ0n) is 16.1. The third kappa shape index (κ3) is 10.6. The van der Waals surface area contributed by atoms with Crippen LogP contribution in [0.2, 0.25) is 0 Å². The van der Waals surface area contributed by atoms with Crippen LogP contribution in [0.3, 0.4) is 0 Å². The quantitative estimate of drug-likeness (QED) is 0.203. The Labute approximate surface area is 159 Å². The molecule has 24 heavy (non-hydrogen) atoms. The van der Waals surface area contributed by atoms with Crippen LogP contribution in [0.25, 0.3) is 0 Å². The average Bonchev–Trinajstić information content (AvgIpc) is 2.56. The summed E-state index contributed by atoms with van der Waals surface area (Å²) in [5.41, 5.74) is 1.29. The fourth-order valence-electron chi connectivity index (χ4n) is 2.56. The summed E-state index contributed by atoms with van der Waals surface area (Å²) in [6.07, 6.45) is 4.98. The van der Waals surface area contributed by atoms with Gasteiger partial charge in [0.25, 0.3) is 0 Å². The van der Waals surface area contributed by atoms with E-state index in [1.807, 2.05) is 6.92 Å². The first-order valence-electron chi connectivity index (χ1n) is 9.08. The first kappa shape index (κ1) is 23.7. The lowest BCUT2D eigenvalue weighted by molar-refractivity contribution is -0.944. The maximum Gasteiger partial charge on any atom is 0.219 e. The van der Waals surface area contributed by atoms with E-state index in [1.54, 1.807) is 0 Å². The number of hydrogen-bond acceptors (Lipinski definition) is 1. The third-order valence-corrected chi connectivity index (χ3v) is 4.53. The summed E-state index contributed by atoms with van der Waals surface area (Å²) in [6, 6.07) is 10.6.